The topological polar surface area (TPSA) is 71.8 Å². The molecule has 0 aliphatic heterocycles. The van der Waals surface area contributed by atoms with Gasteiger partial charge in [0.2, 0.25) is 0 Å². The molecule has 0 aliphatic rings. The van der Waals surface area contributed by atoms with E-state index >= 15 is 0 Å². The number of rotatable bonds is 2. The molecular formula is C10H6BrF2N3O. The third-order valence-electron chi connectivity index (χ3n) is 2.13. The van der Waals surface area contributed by atoms with E-state index in [0.29, 0.717) is 0 Å². The monoisotopic (exact) mass is 301 g/mol. The number of hydrogen-bond acceptors (Lipinski definition) is 2. The first-order valence-electron chi connectivity index (χ1n) is 4.49. The Morgan fingerprint density at radius 3 is 2.59 bits per heavy atom. The highest BCUT2D eigenvalue weighted by atomic mass is 79.9. The summed E-state index contributed by atoms with van der Waals surface area (Å²) in [6.07, 6.45) is 0. The molecule has 0 atom stereocenters. The van der Waals surface area contributed by atoms with Crippen molar-refractivity contribution in [3.05, 3.63) is 40.0 Å². The van der Waals surface area contributed by atoms with Crippen LogP contribution in [0.15, 0.2) is 22.7 Å². The maximum absolute atomic E-state index is 13.5. The van der Waals surface area contributed by atoms with Crippen molar-refractivity contribution in [3.63, 3.8) is 0 Å². The highest BCUT2D eigenvalue weighted by Gasteiger charge is 2.14. The lowest BCUT2D eigenvalue weighted by Gasteiger charge is -2.01. The summed E-state index contributed by atoms with van der Waals surface area (Å²) in [7, 11) is 0. The lowest BCUT2D eigenvalue weighted by Crippen LogP contribution is -2.10. The lowest BCUT2D eigenvalue weighted by molar-refractivity contribution is 0.0995. The van der Waals surface area contributed by atoms with Gasteiger partial charge in [-0.1, -0.05) is 0 Å². The largest absolute Gasteiger partial charge is 0.364 e. The first-order chi connectivity index (χ1) is 7.99. The molecule has 3 N–H and O–H groups in total. The van der Waals surface area contributed by atoms with Crippen LogP contribution in [0.1, 0.15) is 10.5 Å². The minimum Gasteiger partial charge on any atom is -0.364 e. The standard InChI is InChI=1S/C10H6BrF2N3O/c11-5-1-4(6(12)2-7(5)13)8-3-9(10(14)17)16-15-8/h1-3H,(H2,14,17)(H,15,16). The van der Waals surface area contributed by atoms with Crippen LogP contribution < -0.4 is 5.73 Å². The maximum Gasteiger partial charge on any atom is 0.266 e. The van der Waals surface area contributed by atoms with E-state index < -0.39 is 17.5 Å². The summed E-state index contributed by atoms with van der Waals surface area (Å²) >= 11 is 2.94. The molecule has 0 saturated heterocycles. The van der Waals surface area contributed by atoms with Crippen molar-refractivity contribution in [1.82, 2.24) is 10.2 Å². The Bertz CT molecular complexity index is 597. The molecule has 4 nitrogen and oxygen atoms in total. The Balaban J connectivity index is 2.52. The highest BCUT2D eigenvalue weighted by Crippen LogP contribution is 2.27. The van der Waals surface area contributed by atoms with E-state index in [1.54, 1.807) is 0 Å². The lowest BCUT2D eigenvalue weighted by atomic mass is 10.1. The molecule has 0 radical (unpaired) electrons. The number of primary amides is 1. The highest BCUT2D eigenvalue weighted by molar-refractivity contribution is 9.10. The molecule has 0 bridgehead atoms. The normalized spacial score (nSPS) is 10.5. The zero-order valence-corrected chi connectivity index (χ0v) is 9.88. The molecule has 0 saturated carbocycles. The van der Waals surface area contributed by atoms with Gasteiger partial charge in [0.25, 0.3) is 5.91 Å². The molecule has 0 unspecified atom stereocenters. The van der Waals surface area contributed by atoms with Gasteiger partial charge >= 0.3 is 0 Å². The summed E-state index contributed by atoms with van der Waals surface area (Å²) in [4.78, 5) is 10.8. The number of nitrogens with two attached hydrogens (primary N) is 1. The van der Waals surface area contributed by atoms with E-state index in [2.05, 4.69) is 26.1 Å². The molecule has 7 heteroatoms. The molecule has 88 valence electrons. The first-order valence-corrected chi connectivity index (χ1v) is 5.28. The van der Waals surface area contributed by atoms with Gasteiger partial charge in [0.1, 0.15) is 17.3 Å². The first kappa shape index (κ1) is 11.7. The van der Waals surface area contributed by atoms with Crippen LogP contribution in [-0.2, 0) is 0 Å². The van der Waals surface area contributed by atoms with E-state index in [9.17, 15) is 13.6 Å². The summed E-state index contributed by atoms with van der Waals surface area (Å²) in [5.41, 5.74) is 5.33. The zero-order chi connectivity index (χ0) is 12.6. The van der Waals surface area contributed by atoms with Crippen molar-refractivity contribution in [2.45, 2.75) is 0 Å². The summed E-state index contributed by atoms with van der Waals surface area (Å²) in [5.74, 6) is -2.18. The summed E-state index contributed by atoms with van der Waals surface area (Å²) in [6, 6.07) is 3.27. The van der Waals surface area contributed by atoms with Crippen molar-refractivity contribution in [3.8, 4) is 11.3 Å². The van der Waals surface area contributed by atoms with Gasteiger partial charge in [0.15, 0.2) is 0 Å². The molecule has 1 amide bonds. The number of H-pyrrole nitrogens is 1. The van der Waals surface area contributed by atoms with Crippen molar-refractivity contribution >= 4 is 21.8 Å². The van der Waals surface area contributed by atoms with E-state index in [4.69, 9.17) is 5.73 Å². The van der Waals surface area contributed by atoms with Gasteiger partial charge in [-0.15, -0.1) is 0 Å². The predicted octanol–water partition coefficient (Wildman–Crippen LogP) is 2.22. The van der Waals surface area contributed by atoms with Gasteiger partial charge < -0.3 is 5.73 Å². The molecule has 1 heterocycles. The van der Waals surface area contributed by atoms with Crippen molar-refractivity contribution in [2.24, 2.45) is 5.73 Å². The second-order valence-corrected chi connectivity index (χ2v) is 4.13. The second kappa shape index (κ2) is 4.25. The van der Waals surface area contributed by atoms with Crippen LogP contribution in [-0.4, -0.2) is 16.1 Å². The van der Waals surface area contributed by atoms with Gasteiger partial charge in [0, 0.05) is 11.6 Å². The third kappa shape index (κ3) is 2.19. The number of aromatic nitrogens is 2. The maximum atomic E-state index is 13.5. The molecule has 17 heavy (non-hydrogen) atoms. The molecule has 1 aromatic carbocycles. The summed E-state index contributed by atoms with van der Waals surface area (Å²) in [5, 5.41) is 6.09. The fourth-order valence-corrected chi connectivity index (χ4v) is 1.65. The number of benzene rings is 1. The summed E-state index contributed by atoms with van der Waals surface area (Å²) < 4.78 is 26.6. The fourth-order valence-electron chi connectivity index (χ4n) is 1.30. The minimum absolute atomic E-state index is 0.0554. The molecule has 2 aromatic rings. The van der Waals surface area contributed by atoms with Crippen LogP contribution in [0.5, 0.6) is 0 Å². The molecule has 2 rings (SSSR count). The van der Waals surface area contributed by atoms with Gasteiger partial charge in [-0.2, -0.15) is 5.10 Å². The number of amides is 1. The van der Waals surface area contributed by atoms with Crippen LogP contribution in [0.25, 0.3) is 11.3 Å². The number of halogens is 3. The van der Waals surface area contributed by atoms with Crippen LogP contribution in [0.4, 0.5) is 8.78 Å². The number of hydrogen-bond donors (Lipinski definition) is 2. The average molecular weight is 302 g/mol. The van der Waals surface area contributed by atoms with E-state index in [-0.39, 0.29) is 21.4 Å². The smallest absolute Gasteiger partial charge is 0.266 e. The third-order valence-corrected chi connectivity index (χ3v) is 2.74. The quantitative estimate of drug-likeness (QED) is 0.835. The number of nitrogens with one attached hydrogen (secondary N) is 1. The van der Waals surface area contributed by atoms with Crippen LogP contribution in [0.2, 0.25) is 0 Å². The molecule has 1 aromatic heterocycles. The van der Waals surface area contributed by atoms with Crippen molar-refractivity contribution < 1.29 is 13.6 Å². The molecule has 0 fully saturated rings. The van der Waals surface area contributed by atoms with E-state index in [0.717, 1.165) is 6.07 Å². The Morgan fingerprint density at radius 1 is 1.29 bits per heavy atom. The molecular weight excluding hydrogens is 296 g/mol. The van der Waals surface area contributed by atoms with Crippen LogP contribution in [0, 0.1) is 11.6 Å². The fraction of sp³-hybridized carbons (Fsp3) is 0. The number of aromatic amines is 1. The second-order valence-electron chi connectivity index (χ2n) is 3.28. The van der Waals surface area contributed by atoms with Crippen molar-refractivity contribution in [2.75, 3.05) is 0 Å². The van der Waals surface area contributed by atoms with Gasteiger partial charge in [-0.05, 0) is 28.1 Å². The van der Waals surface area contributed by atoms with E-state index in [1.165, 1.54) is 12.1 Å². The average Bonchev–Trinajstić information content (AvgIpc) is 2.72. The zero-order valence-electron chi connectivity index (χ0n) is 8.30. The van der Waals surface area contributed by atoms with E-state index in [1.807, 2.05) is 0 Å². The predicted molar refractivity (Wildman–Crippen MR) is 60.2 cm³/mol. The molecule has 0 aliphatic carbocycles. The van der Waals surface area contributed by atoms with Crippen molar-refractivity contribution in [1.29, 1.82) is 0 Å². The Kier molecular flexibility index (Phi) is 2.93. The molecule has 0 spiro atoms. The Morgan fingerprint density at radius 2 is 2.00 bits per heavy atom. The Labute approximate surface area is 103 Å². The SMILES string of the molecule is NC(=O)c1cc(-c2cc(Br)c(F)cc2F)n[nH]1. The van der Waals surface area contributed by atoms with Gasteiger partial charge in [-0.3, -0.25) is 9.89 Å². The van der Waals surface area contributed by atoms with Gasteiger partial charge in [0.05, 0.1) is 10.2 Å². The number of carbonyl (C=O) groups is 1. The number of carbonyl (C=O) groups excluding carboxylic acids is 1. The number of nitrogens with zero attached hydrogens (tertiary/aromatic N) is 1. The van der Waals surface area contributed by atoms with Crippen LogP contribution in [0.3, 0.4) is 0 Å². The van der Waals surface area contributed by atoms with Crippen LogP contribution >= 0.6 is 15.9 Å². The summed E-state index contributed by atoms with van der Waals surface area (Å²) in [6.45, 7) is 0. The Hall–Kier alpha value is -1.76. The van der Waals surface area contributed by atoms with Gasteiger partial charge in [-0.25, -0.2) is 8.78 Å². The minimum atomic E-state index is -0.770.